The number of hydrogen-bond donors (Lipinski definition) is 1. The Hall–Kier alpha value is -4.60. The number of amides is 1. The van der Waals surface area contributed by atoms with Gasteiger partial charge in [-0.3, -0.25) is 9.78 Å². The number of likely N-dealkylation sites (tertiary alicyclic amines) is 1. The van der Waals surface area contributed by atoms with Crippen LogP contribution in [0.5, 0.6) is 11.5 Å². The summed E-state index contributed by atoms with van der Waals surface area (Å²) < 4.78 is 11.8. The number of aromatic amines is 1. The van der Waals surface area contributed by atoms with E-state index in [0.29, 0.717) is 34.8 Å². The lowest BCUT2D eigenvalue weighted by atomic mass is 10.0. The van der Waals surface area contributed by atoms with Gasteiger partial charge in [-0.05, 0) is 43.2 Å². The van der Waals surface area contributed by atoms with Gasteiger partial charge < -0.3 is 19.0 Å². The Morgan fingerprint density at radius 3 is 2.78 bits per heavy atom. The molecule has 6 rings (SSSR count). The third kappa shape index (κ3) is 4.06. The summed E-state index contributed by atoms with van der Waals surface area (Å²) in [6, 6.07) is 13.1. The second kappa shape index (κ2) is 8.88. The number of fused-ring (bicyclic) bond motifs is 1. The zero-order valence-corrected chi connectivity index (χ0v) is 19.8. The number of rotatable bonds is 5. The van der Waals surface area contributed by atoms with Crippen LogP contribution in [0, 0.1) is 6.92 Å². The first-order valence-corrected chi connectivity index (χ1v) is 11.7. The van der Waals surface area contributed by atoms with E-state index in [0.717, 1.165) is 41.7 Å². The van der Waals surface area contributed by atoms with Crippen molar-refractivity contribution in [3.63, 3.8) is 0 Å². The van der Waals surface area contributed by atoms with Crippen LogP contribution in [0.15, 0.2) is 59.3 Å². The molecule has 1 aromatic carbocycles. The smallest absolute Gasteiger partial charge is 0.266 e. The standard InChI is InChI=1S/C26H23N7O3/c1-15-31-32-26(35-15)20-9-8-17(14-28-20)36-24-13-22-21(29-25(30-22)19-6-3-4-10-27-19)12-18(24)23-7-5-11-33(23)16(2)34/h3-4,6,8-10,12-14,23H,5,7,11H2,1-2H3,(H,29,30). The number of carbonyl (C=O) groups is 1. The molecule has 180 valence electrons. The summed E-state index contributed by atoms with van der Waals surface area (Å²) >= 11 is 0. The summed E-state index contributed by atoms with van der Waals surface area (Å²) in [6.07, 6.45) is 5.14. The summed E-state index contributed by atoms with van der Waals surface area (Å²) in [5.74, 6) is 2.71. The predicted octanol–water partition coefficient (Wildman–Crippen LogP) is 4.85. The summed E-state index contributed by atoms with van der Waals surface area (Å²) in [5.41, 5.74) is 3.83. The molecule has 10 heteroatoms. The molecule has 0 aliphatic carbocycles. The van der Waals surface area contributed by atoms with Crippen molar-refractivity contribution in [2.45, 2.75) is 32.7 Å². The first-order chi connectivity index (χ1) is 17.5. The molecule has 1 unspecified atom stereocenters. The minimum atomic E-state index is -0.0860. The van der Waals surface area contributed by atoms with E-state index in [1.54, 1.807) is 38.4 Å². The molecule has 0 saturated carbocycles. The third-order valence-corrected chi connectivity index (χ3v) is 6.25. The van der Waals surface area contributed by atoms with E-state index in [1.807, 2.05) is 35.2 Å². The Morgan fingerprint density at radius 2 is 2.06 bits per heavy atom. The highest BCUT2D eigenvalue weighted by Crippen LogP contribution is 2.41. The van der Waals surface area contributed by atoms with Crippen LogP contribution in [0.4, 0.5) is 0 Å². The average molecular weight is 482 g/mol. The van der Waals surface area contributed by atoms with Gasteiger partial charge in [0.05, 0.1) is 23.3 Å². The van der Waals surface area contributed by atoms with Gasteiger partial charge in [-0.25, -0.2) is 9.97 Å². The summed E-state index contributed by atoms with van der Waals surface area (Å²) in [5, 5.41) is 7.86. The van der Waals surface area contributed by atoms with Gasteiger partial charge in [0.15, 0.2) is 5.82 Å². The molecule has 0 radical (unpaired) electrons. The van der Waals surface area contributed by atoms with Crippen LogP contribution in [-0.4, -0.2) is 47.5 Å². The van der Waals surface area contributed by atoms with Gasteiger partial charge in [0.1, 0.15) is 22.9 Å². The van der Waals surface area contributed by atoms with Crippen LogP contribution in [0.25, 0.3) is 34.1 Å². The highest BCUT2D eigenvalue weighted by molar-refractivity contribution is 5.82. The first-order valence-electron chi connectivity index (χ1n) is 11.7. The normalized spacial score (nSPS) is 15.5. The molecular formula is C26H23N7O3. The molecule has 5 aromatic rings. The number of H-pyrrole nitrogens is 1. The van der Waals surface area contributed by atoms with Crippen LogP contribution in [0.1, 0.15) is 37.3 Å². The molecule has 1 atom stereocenters. The van der Waals surface area contributed by atoms with Crippen LogP contribution >= 0.6 is 0 Å². The monoisotopic (exact) mass is 481 g/mol. The molecule has 1 aliphatic heterocycles. The number of ether oxygens (including phenoxy) is 1. The number of aryl methyl sites for hydroxylation is 1. The Kier molecular flexibility index (Phi) is 5.40. The van der Waals surface area contributed by atoms with E-state index in [9.17, 15) is 4.79 Å². The largest absolute Gasteiger partial charge is 0.455 e. The Morgan fingerprint density at radius 1 is 1.14 bits per heavy atom. The van der Waals surface area contributed by atoms with Crippen LogP contribution in [0.3, 0.4) is 0 Å². The molecule has 4 aromatic heterocycles. The van der Waals surface area contributed by atoms with Gasteiger partial charge in [0, 0.05) is 38.2 Å². The van der Waals surface area contributed by atoms with Crippen molar-refractivity contribution in [2.75, 3.05) is 6.54 Å². The second-order valence-electron chi connectivity index (χ2n) is 8.69. The molecule has 0 spiro atoms. The zero-order valence-electron chi connectivity index (χ0n) is 19.8. The average Bonchev–Trinajstić information content (AvgIpc) is 3.64. The Balaban J connectivity index is 1.40. The maximum atomic E-state index is 12.4. The van der Waals surface area contributed by atoms with E-state index in [2.05, 4.69) is 25.1 Å². The maximum Gasteiger partial charge on any atom is 0.266 e. The van der Waals surface area contributed by atoms with Crippen molar-refractivity contribution in [1.29, 1.82) is 0 Å². The summed E-state index contributed by atoms with van der Waals surface area (Å²) in [6.45, 7) is 4.06. The molecule has 1 aliphatic rings. The number of aromatic nitrogens is 6. The number of nitrogens with zero attached hydrogens (tertiary/aromatic N) is 6. The molecule has 36 heavy (non-hydrogen) atoms. The highest BCUT2D eigenvalue weighted by atomic mass is 16.5. The van der Waals surface area contributed by atoms with Crippen molar-refractivity contribution in [3.05, 3.63) is 66.3 Å². The first kappa shape index (κ1) is 21.9. The van der Waals surface area contributed by atoms with Crippen molar-refractivity contribution in [2.24, 2.45) is 0 Å². The zero-order chi connectivity index (χ0) is 24.6. The number of benzene rings is 1. The third-order valence-electron chi connectivity index (χ3n) is 6.25. The quantitative estimate of drug-likeness (QED) is 0.378. The molecule has 1 amide bonds. The van der Waals surface area contributed by atoms with Crippen molar-refractivity contribution in [1.82, 2.24) is 35.0 Å². The van der Waals surface area contributed by atoms with E-state index < -0.39 is 0 Å². The highest BCUT2D eigenvalue weighted by Gasteiger charge is 2.31. The number of pyridine rings is 2. The topological polar surface area (TPSA) is 123 Å². The molecule has 1 N–H and O–H groups in total. The van der Waals surface area contributed by atoms with Crippen LogP contribution in [0.2, 0.25) is 0 Å². The predicted molar refractivity (Wildman–Crippen MR) is 131 cm³/mol. The molecule has 1 fully saturated rings. The van der Waals surface area contributed by atoms with Gasteiger partial charge in [-0.1, -0.05) is 6.07 Å². The Labute approximate surface area is 206 Å². The fourth-order valence-electron chi connectivity index (χ4n) is 4.59. The van der Waals surface area contributed by atoms with Gasteiger partial charge >= 0.3 is 0 Å². The molecule has 0 bridgehead atoms. The lowest BCUT2D eigenvalue weighted by Crippen LogP contribution is -2.28. The summed E-state index contributed by atoms with van der Waals surface area (Å²) in [4.78, 5) is 31.2. The second-order valence-corrected chi connectivity index (χ2v) is 8.69. The van der Waals surface area contributed by atoms with Gasteiger partial charge in [0.25, 0.3) is 5.89 Å². The fourth-order valence-corrected chi connectivity index (χ4v) is 4.59. The van der Waals surface area contributed by atoms with Crippen LogP contribution < -0.4 is 4.74 Å². The van der Waals surface area contributed by atoms with Crippen molar-refractivity contribution in [3.8, 4) is 34.6 Å². The Bertz CT molecular complexity index is 1540. The van der Waals surface area contributed by atoms with Crippen LogP contribution in [-0.2, 0) is 4.79 Å². The van der Waals surface area contributed by atoms with E-state index in [-0.39, 0.29) is 11.9 Å². The minimum Gasteiger partial charge on any atom is -0.455 e. The SMILES string of the molecule is CC(=O)N1CCCC1c1cc2[nH]c(-c3ccccn3)nc2cc1Oc1ccc(-c2nnc(C)o2)nc1. The van der Waals surface area contributed by atoms with Gasteiger partial charge in [-0.15, -0.1) is 10.2 Å². The van der Waals surface area contributed by atoms with Gasteiger partial charge in [-0.2, -0.15) is 0 Å². The number of nitrogens with one attached hydrogen (secondary N) is 1. The van der Waals surface area contributed by atoms with E-state index in [1.165, 1.54) is 0 Å². The van der Waals surface area contributed by atoms with Gasteiger partial charge in [0.2, 0.25) is 11.8 Å². The lowest BCUT2D eigenvalue weighted by Gasteiger charge is -2.25. The van der Waals surface area contributed by atoms with E-state index >= 15 is 0 Å². The molecule has 10 nitrogen and oxygen atoms in total. The molecule has 5 heterocycles. The number of imidazole rings is 1. The van der Waals surface area contributed by atoms with E-state index in [4.69, 9.17) is 14.1 Å². The minimum absolute atomic E-state index is 0.0446. The van der Waals surface area contributed by atoms with Crippen molar-refractivity contribution >= 4 is 16.9 Å². The maximum absolute atomic E-state index is 12.4. The molecular weight excluding hydrogens is 458 g/mol. The van der Waals surface area contributed by atoms with Crippen molar-refractivity contribution < 1.29 is 13.9 Å². The summed E-state index contributed by atoms with van der Waals surface area (Å²) in [7, 11) is 0. The lowest BCUT2D eigenvalue weighted by molar-refractivity contribution is -0.129. The fraction of sp³-hybridized carbons (Fsp3) is 0.231. The number of hydrogen-bond acceptors (Lipinski definition) is 8. The number of carbonyl (C=O) groups excluding carboxylic acids is 1. The molecule has 1 saturated heterocycles.